The second kappa shape index (κ2) is 6.59. The predicted molar refractivity (Wildman–Crippen MR) is 98.9 cm³/mol. The molecule has 132 valence electrons. The highest BCUT2D eigenvalue weighted by Gasteiger charge is 2.21. The average molecular weight is 349 g/mol. The maximum atomic E-state index is 11.6. The zero-order chi connectivity index (χ0) is 18.1. The molecule has 7 heteroatoms. The first kappa shape index (κ1) is 16.3. The predicted octanol–water partition coefficient (Wildman–Crippen LogP) is 2.99. The molecule has 7 nitrogen and oxygen atoms in total. The number of benzene rings is 2. The van der Waals surface area contributed by atoms with Gasteiger partial charge in [-0.1, -0.05) is 24.3 Å². The molecule has 0 bridgehead atoms. The van der Waals surface area contributed by atoms with Crippen LogP contribution in [0.5, 0.6) is 0 Å². The van der Waals surface area contributed by atoms with Gasteiger partial charge in [0.25, 0.3) is 5.91 Å². The molecule has 2 heterocycles. The lowest BCUT2D eigenvalue weighted by Gasteiger charge is -2.28. The smallest absolute Gasteiger partial charge is 0.250 e. The summed E-state index contributed by atoms with van der Waals surface area (Å²) in [4.78, 5) is 22.3. The van der Waals surface area contributed by atoms with Crippen molar-refractivity contribution in [2.45, 2.75) is 18.8 Å². The van der Waals surface area contributed by atoms with Crippen LogP contribution in [0.2, 0.25) is 0 Å². The minimum atomic E-state index is -0.484. The number of hydrogen-bond acceptors (Lipinski definition) is 4. The first-order chi connectivity index (χ1) is 12.7. The van der Waals surface area contributed by atoms with Gasteiger partial charge >= 0.3 is 0 Å². The van der Waals surface area contributed by atoms with Crippen molar-refractivity contribution in [1.82, 2.24) is 14.8 Å². The third-order valence-corrected chi connectivity index (χ3v) is 4.95. The minimum absolute atomic E-state index is 0.314. The molecule has 1 fully saturated rings. The van der Waals surface area contributed by atoms with Crippen LogP contribution in [0.4, 0.5) is 0 Å². The molecule has 26 heavy (non-hydrogen) atoms. The van der Waals surface area contributed by atoms with Gasteiger partial charge in [0.05, 0.1) is 16.5 Å². The summed E-state index contributed by atoms with van der Waals surface area (Å²) in [5, 5.41) is 10.0. The van der Waals surface area contributed by atoms with Crippen LogP contribution in [0, 0.1) is 4.91 Å². The first-order valence-corrected chi connectivity index (χ1v) is 8.62. The van der Waals surface area contributed by atoms with Gasteiger partial charge in [0.1, 0.15) is 5.52 Å². The van der Waals surface area contributed by atoms with Crippen LogP contribution >= 0.6 is 0 Å². The summed E-state index contributed by atoms with van der Waals surface area (Å²) in [6.45, 7) is 1.40. The van der Waals surface area contributed by atoms with Crippen LogP contribution in [0.3, 0.4) is 0 Å². The van der Waals surface area contributed by atoms with E-state index in [0.29, 0.717) is 23.5 Å². The van der Waals surface area contributed by atoms with E-state index in [1.807, 2.05) is 24.4 Å². The Labute approximate surface area is 150 Å². The van der Waals surface area contributed by atoms with Crippen molar-refractivity contribution in [2.75, 3.05) is 13.1 Å². The number of nitroso groups, excluding NO2 is 1. The number of nitrogens with zero attached hydrogens (tertiary/aromatic N) is 4. The molecule has 1 aromatic heterocycles. The maximum Gasteiger partial charge on any atom is 0.250 e. The number of piperidine rings is 1. The Morgan fingerprint density at radius 2 is 2.00 bits per heavy atom. The van der Waals surface area contributed by atoms with Gasteiger partial charge in [0.15, 0.2) is 0 Å². The number of primary amides is 1. The van der Waals surface area contributed by atoms with Gasteiger partial charge in [-0.2, -0.15) is 5.10 Å². The SMILES string of the molecule is NC(=O)c1cccc2cn(-c3ccc([C@@H]4CCCN(N=O)C4)cc3)nc12. The van der Waals surface area contributed by atoms with E-state index < -0.39 is 5.91 Å². The quantitative estimate of drug-likeness (QED) is 0.733. The van der Waals surface area contributed by atoms with Gasteiger partial charge in [-0.15, -0.1) is 4.91 Å². The van der Waals surface area contributed by atoms with Crippen LogP contribution < -0.4 is 5.73 Å². The van der Waals surface area contributed by atoms with E-state index in [-0.39, 0.29) is 0 Å². The molecule has 0 radical (unpaired) electrons. The number of hydrogen-bond donors (Lipinski definition) is 1. The highest BCUT2D eigenvalue weighted by molar-refractivity contribution is 6.04. The summed E-state index contributed by atoms with van der Waals surface area (Å²) in [5.74, 6) is -0.171. The molecular formula is C19H19N5O2. The molecule has 2 N–H and O–H groups in total. The second-order valence-corrected chi connectivity index (χ2v) is 6.61. The van der Waals surface area contributed by atoms with E-state index in [1.54, 1.807) is 21.8 Å². The Morgan fingerprint density at radius 3 is 2.73 bits per heavy atom. The average Bonchev–Trinajstić information content (AvgIpc) is 3.12. The Hall–Kier alpha value is -3.22. The highest BCUT2D eigenvalue weighted by Crippen LogP contribution is 2.28. The third-order valence-electron chi connectivity index (χ3n) is 4.95. The molecule has 1 aliphatic rings. The summed E-state index contributed by atoms with van der Waals surface area (Å²) < 4.78 is 1.75. The molecule has 4 rings (SSSR count). The number of amides is 1. The molecular weight excluding hydrogens is 330 g/mol. The minimum Gasteiger partial charge on any atom is -0.366 e. The molecule has 0 spiro atoms. The monoisotopic (exact) mass is 349 g/mol. The molecule has 1 saturated heterocycles. The van der Waals surface area contributed by atoms with Crippen molar-refractivity contribution in [1.29, 1.82) is 0 Å². The van der Waals surface area contributed by atoms with Gasteiger partial charge < -0.3 is 5.73 Å². The van der Waals surface area contributed by atoms with Crippen molar-refractivity contribution in [3.63, 3.8) is 0 Å². The molecule has 1 aliphatic heterocycles. The Morgan fingerprint density at radius 1 is 1.19 bits per heavy atom. The van der Waals surface area contributed by atoms with E-state index >= 15 is 0 Å². The number of carbonyl (C=O) groups is 1. The molecule has 3 aromatic rings. The topological polar surface area (TPSA) is 93.6 Å². The van der Waals surface area contributed by atoms with Crippen molar-refractivity contribution >= 4 is 16.8 Å². The molecule has 2 aromatic carbocycles. The van der Waals surface area contributed by atoms with E-state index in [2.05, 4.69) is 22.5 Å². The Bertz CT molecular complexity index is 964. The molecule has 0 saturated carbocycles. The summed E-state index contributed by atoms with van der Waals surface area (Å²) in [6.07, 6.45) is 3.91. The number of rotatable bonds is 4. The fraction of sp³-hybridized carbons (Fsp3) is 0.263. The van der Waals surface area contributed by atoms with E-state index in [0.717, 1.165) is 30.5 Å². The van der Waals surface area contributed by atoms with E-state index in [4.69, 9.17) is 5.73 Å². The van der Waals surface area contributed by atoms with Crippen LogP contribution in [0.25, 0.3) is 16.6 Å². The zero-order valence-electron chi connectivity index (χ0n) is 14.2. The summed E-state index contributed by atoms with van der Waals surface area (Å²) in [5.41, 5.74) is 8.55. The van der Waals surface area contributed by atoms with Crippen molar-refractivity contribution in [3.8, 4) is 5.69 Å². The van der Waals surface area contributed by atoms with Gasteiger partial charge in [0.2, 0.25) is 0 Å². The Balaban J connectivity index is 1.63. The van der Waals surface area contributed by atoms with Crippen LogP contribution in [0.1, 0.15) is 34.7 Å². The highest BCUT2D eigenvalue weighted by atomic mass is 16.3. The van der Waals surface area contributed by atoms with Crippen LogP contribution in [0.15, 0.2) is 53.9 Å². The van der Waals surface area contributed by atoms with Crippen LogP contribution in [-0.4, -0.2) is 33.8 Å². The van der Waals surface area contributed by atoms with Gasteiger partial charge in [0, 0.05) is 30.6 Å². The van der Waals surface area contributed by atoms with E-state index in [9.17, 15) is 9.70 Å². The number of nitrogens with two attached hydrogens (primary N) is 1. The molecule has 0 aliphatic carbocycles. The third kappa shape index (κ3) is 2.92. The van der Waals surface area contributed by atoms with Gasteiger partial charge in [-0.3, -0.25) is 9.80 Å². The zero-order valence-corrected chi connectivity index (χ0v) is 14.2. The second-order valence-electron chi connectivity index (χ2n) is 6.61. The summed E-state index contributed by atoms with van der Waals surface area (Å²) in [6, 6.07) is 13.5. The largest absolute Gasteiger partial charge is 0.366 e. The summed E-state index contributed by atoms with van der Waals surface area (Å²) in [7, 11) is 0. The number of fused-ring (bicyclic) bond motifs is 1. The lowest BCUT2D eigenvalue weighted by atomic mass is 9.91. The van der Waals surface area contributed by atoms with Crippen molar-refractivity contribution < 1.29 is 4.79 Å². The standard InChI is InChI=1S/C19H19N5O2/c20-19(25)17-5-1-3-15-12-24(21-18(15)17)16-8-6-13(7-9-16)14-4-2-10-23(11-14)22-26/h1,3,5-9,12,14H,2,4,10-11H2,(H2,20,25)/t14-/m1/s1. The number of aromatic nitrogens is 2. The van der Waals surface area contributed by atoms with E-state index in [1.165, 1.54) is 5.56 Å². The molecule has 1 atom stereocenters. The van der Waals surface area contributed by atoms with Gasteiger partial charge in [-0.25, -0.2) is 4.68 Å². The lowest BCUT2D eigenvalue weighted by Crippen LogP contribution is -2.29. The van der Waals surface area contributed by atoms with Crippen molar-refractivity contribution in [2.24, 2.45) is 11.0 Å². The fourth-order valence-corrected chi connectivity index (χ4v) is 3.58. The molecule has 0 unspecified atom stereocenters. The Kier molecular flexibility index (Phi) is 4.12. The van der Waals surface area contributed by atoms with Crippen molar-refractivity contribution in [3.05, 3.63) is 64.7 Å². The van der Waals surface area contributed by atoms with Gasteiger partial charge in [-0.05, 0) is 36.6 Å². The summed E-state index contributed by atoms with van der Waals surface area (Å²) >= 11 is 0. The fourth-order valence-electron chi connectivity index (χ4n) is 3.58. The van der Waals surface area contributed by atoms with Crippen LogP contribution in [-0.2, 0) is 0 Å². The first-order valence-electron chi connectivity index (χ1n) is 8.62. The maximum absolute atomic E-state index is 11.6. The molecule has 1 amide bonds. The normalized spacial score (nSPS) is 17.4. The number of carbonyl (C=O) groups excluding carboxylic acids is 1. The lowest BCUT2D eigenvalue weighted by molar-refractivity contribution is 0.100.